The van der Waals surface area contributed by atoms with Gasteiger partial charge >= 0.3 is 0 Å². The number of hydrogen-bond acceptors (Lipinski definition) is 4. The van der Waals surface area contributed by atoms with E-state index in [2.05, 4.69) is 29.2 Å². The van der Waals surface area contributed by atoms with E-state index in [0.717, 1.165) is 38.0 Å². The van der Waals surface area contributed by atoms with Crippen LogP contribution >= 0.6 is 11.3 Å². The van der Waals surface area contributed by atoms with Crippen LogP contribution in [0.1, 0.15) is 22.3 Å². The lowest BCUT2D eigenvalue weighted by Gasteiger charge is -2.27. The van der Waals surface area contributed by atoms with Crippen LogP contribution in [0.3, 0.4) is 0 Å². The minimum Gasteiger partial charge on any atom is -0.368 e. The summed E-state index contributed by atoms with van der Waals surface area (Å²) in [5, 5.41) is 3.81. The molecule has 5 nitrogen and oxygen atoms in total. The fourth-order valence-corrected chi connectivity index (χ4v) is 5.25. The SMILES string of the molecule is NC(=O)C1[C@@H]2CN(C(=O)c3ccsc3)CC2CN1CCCc1ccccc1. The van der Waals surface area contributed by atoms with E-state index in [-0.39, 0.29) is 23.8 Å². The molecule has 0 aliphatic carbocycles. The zero-order valence-corrected chi connectivity index (χ0v) is 16.1. The molecule has 2 aromatic rings. The fourth-order valence-electron chi connectivity index (χ4n) is 4.62. The van der Waals surface area contributed by atoms with Crippen molar-refractivity contribution in [1.29, 1.82) is 0 Å². The minimum atomic E-state index is -0.258. The number of thiophene rings is 1. The molecule has 3 heterocycles. The van der Waals surface area contributed by atoms with Gasteiger partial charge in [-0.2, -0.15) is 11.3 Å². The molecule has 2 aliphatic heterocycles. The highest BCUT2D eigenvalue weighted by atomic mass is 32.1. The van der Waals surface area contributed by atoms with Gasteiger partial charge in [0.15, 0.2) is 0 Å². The van der Waals surface area contributed by atoms with Gasteiger partial charge in [0.2, 0.25) is 5.91 Å². The number of hydrogen-bond donors (Lipinski definition) is 1. The maximum Gasteiger partial charge on any atom is 0.254 e. The molecule has 0 saturated carbocycles. The van der Waals surface area contributed by atoms with Crippen LogP contribution in [-0.4, -0.2) is 53.8 Å². The van der Waals surface area contributed by atoms with Crippen molar-refractivity contribution in [3.05, 3.63) is 58.3 Å². The van der Waals surface area contributed by atoms with Crippen LogP contribution in [0.2, 0.25) is 0 Å². The van der Waals surface area contributed by atoms with Crippen LogP contribution < -0.4 is 5.73 Å². The summed E-state index contributed by atoms with van der Waals surface area (Å²) in [6, 6.07) is 12.0. The Morgan fingerprint density at radius 1 is 1.11 bits per heavy atom. The smallest absolute Gasteiger partial charge is 0.254 e. The minimum absolute atomic E-state index is 0.0736. The summed E-state index contributed by atoms with van der Waals surface area (Å²) < 4.78 is 0. The first kappa shape index (κ1) is 18.2. The third-order valence-corrected chi connectivity index (χ3v) is 6.54. The summed E-state index contributed by atoms with van der Waals surface area (Å²) >= 11 is 1.53. The Hall–Kier alpha value is -2.18. The van der Waals surface area contributed by atoms with Crippen LogP contribution in [0.15, 0.2) is 47.2 Å². The Bertz CT molecular complexity index is 793. The molecule has 6 heteroatoms. The molecule has 4 rings (SSSR count). The topological polar surface area (TPSA) is 66.6 Å². The van der Waals surface area contributed by atoms with Gasteiger partial charge in [-0.3, -0.25) is 14.5 Å². The Labute approximate surface area is 163 Å². The Kier molecular flexibility index (Phi) is 5.27. The van der Waals surface area contributed by atoms with Gasteiger partial charge < -0.3 is 10.6 Å². The van der Waals surface area contributed by atoms with E-state index < -0.39 is 0 Å². The van der Waals surface area contributed by atoms with Gasteiger partial charge in [-0.1, -0.05) is 30.3 Å². The van der Waals surface area contributed by atoms with Crippen LogP contribution in [-0.2, 0) is 11.2 Å². The summed E-state index contributed by atoms with van der Waals surface area (Å²) in [4.78, 5) is 28.9. The molecule has 2 N–H and O–H groups in total. The van der Waals surface area contributed by atoms with Crippen molar-refractivity contribution >= 4 is 23.2 Å². The molecule has 3 atom stereocenters. The molecule has 142 valence electrons. The number of benzene rings is 1. The number of nitrogens with zero attached hydrogens (tertiary/aromatic N) is 2. The fraction of sp³-hybridized carbons (Fsp3) is 0.429. The highest BCUT2D eigenvalue weighted by Gasteiger charge is 2.50. The number of rotatable bonds is 6. The van der Waals surface area contributed by atoms with Crippen LogP contribution in [0.4, 0.5) is 0 Å². The summed E-state index contributed by atoms with van der Waals surface area (Å²) in [6.07, 6.45) is 2.01. The monoisotopic (exact) mass is 383 g/mol. The van der Waals surface area contributed by atoms with E-state index in [4.69, 9.17) is 5.73 Å². The average Bonchev–Trinajstić information content (AvgIpc) is 3.37. The maximum atomic E-state index is 12.6. The van der Waals surface area contributed by atoms with E-state index in [1.165, 1.54) is 16.9 Å². The van der Waals surface area contributed by atoms with Gasteiger partial charge in [-0.15, -0.1) is 0 Å². The van der Waals surface area contributed by atoms with Gasteiger partial charge in [-0.05, 0) is 42.3 Å². The molecular formula is C21H25N3O2S. The Balaban J connectivity index is 1.37. The summed E-state index contributed by atoms with van der Waals surface area (Å²) in [5.41, 5.74) is 7.83. The Morgan fingerprint density at radius 3 is 2.63 bits per heavy atom. The lowest BCUT2D eigenvalue weighted by atomic mass is 9.94. The van der Waals surface area contributed by atoms with Gasteiger partial charge in [0.05, 0.1) is 11.6 Å². The predicted molar refractivity (Wildman–Crippen MR) is 107 cm³/mol. The van der Waals surface area contributed by atoms with Crippen LogP contribution in [0, 0.1) is 11.8 Å². The third-order valence-electron chi connectivity index (χ3n) is 5.86. The van der Waals surface area contributed by atoms with Gasteiger partial charge in [0, 0.05) is 30.9 Å². The lowest BCUT2D eigenvalue weighted by molar-refractivity contribution is -0.123. The molecule has 2 aliphatic rings. The predicted octanol–water partition coefficient (Wildman–Crippen LogP) is 2.24. The van der Waals surface area contributed by atoms with Gasteiger partial charge in [0.25, 0.3) is 5.91 Å². The number of aryl methyl sites for hydroxylation is 1. The van der Waals surface area contributed by atoms with E-state index in [0.29, 0.717) is 12.5 Å². The van der Waals surface area contributed by atoms with Crippen molar-refractivity contribution in [2.24, 2.45) is 17.6 Å². The number of amides is 2. The number of primary amides is 1. The molecule has 0 spiro atoms. The van der Waals surface area contributed by atoms with Gasteiger partial charge in [0.1, 0.15) is 0 Å². The summed E-state index contributed by atoms with van der Waals surface area (Å²) in [5.74, 6) is 0.306. The van der Waals surface area contributed by atoms with Crippen LogP contribution in [0.25, 0.3) is 0 Å². The number of carbonyl (C=O) groups is 2. The molecule has 2 fully saturated rings. The third kappa shape index (κ3) is 3.77. The Morgan fingerprint density at radius 2 is 1.93 bits per heavy atom. The zero-order chi connectivity index (χ0) is 18.8. The number of fused-ring (bicyclic) bond motifs is 1. The largest absolute Gasteiger partial charge is 0.368 e. The van der Waals surface area contributed by atoms with Crippen LogP contribution in [0.5, 0.6) is 0 Å². The standard InChI is InChI=1S/C21H25N3O2S/c22-20(25)19-18-13-24(21(26)16-8-10-27-14-16)12-17(18)11-23(19)9-4-7-15-5-2-1-3-6-15/h1-3,5-6,8,10,14,17-19H,4,7,9,11-13H2,(H2,22,25)/t17?,18-,19?/m1/s1. The maximum absolute atomic E-state index is 12.6. The van der Waals surface area contributed by atoms with E-state index >= 15 is 0 Å². The van der Waals surface area contributed by atoms with Crippen molar-refractivity contribution in [2.45, 2.75) is 18.9 Å². The first-order valence-electron chi connectivity index (χ1n) is 9.52. The number of likely N-dealkylation sites (tertiary alicyclic amines) is 2. The second kappa shape index (κ2) is 7.82. The molecule has 27 heavy (non-hydrogen) atoms. The molecule has 2 unspecified atom stereocenters. The van der Waals surface area contributed by atoms with Crippen molar-refractivity contribution in [2.75, 3.05) is 26.2 Å². The van der Waals surface area contributed by atoms with E-state index in [1.54, 1.807) is 0 Å². The van der Waals surface area contributed by atoms with Crippen molar-refractivity contribution < 1.29 is 9.59 Å². The molecule has 2 amide bonds. The summed E-state index contributed by atoms with van der Waals surface area (Å²) in [6.45, 7) is 3.06. The average molecular weight is 384 g/mol. The molecule has 1 aromatic heterocycles. The molecule has 1 aromatic carbocycles. The molecule has 0 bridgehead atoms. The first-order valence-corrected chi connectivity index (χ1v) is 10.5. The highest BCUT2D eigenvalue weighted by molar-refractivity contribution is 7.08. The van der Waals surface area contributed by atoms with Gasteiger partial charge in [-0.25, -0.2) is 0 Å². The van der Waals surface area contributed by atoms with Crippen molar-refractivity contribution in [1.82, 2.24) is 9.80 Å². The molecule has 0 radical (unpaired) electrons. The van der Waals surface area contributed by atoms with E-state index in [9.17, 15) is 9.59 Å². The van der Waals surface area contributed by atoms with E-state index in [1.807, 2.05) is 27.8 Å². The second-order valence-electron chi connectivity index (χ2n) is 7.58. The van der Waals surface area contributed by atoms with Crippen molar-refractivity contribution in [3.63, 3.8) is 0 Å². The highest BCUT2D eigenvalue weighted by Crippen LogP contribution is 2.37. The first-order chi connectivity index (χ1) is 13.1. The molecular weight excluding hydrogens is 358 g/mol. The number of carbonyl (C=O) groups excluding carboxylic acids is 2. The number of nitrogens with two attached hydrogens (primary N) is 1. The van der Waals surface area contributed by atoms with Crippen molar-refractivity contribution in [3.8, 4) is 0 Å². The normalized spacial score (nSPS) is 24.9. The quantitative estimate of drug-likeness (QED) is 0.832. The second-order valence-corrected chi connectivity index (χ2v) is 8.36. The lowest BCUT2D eigenvalue weighted by Crippen LogP contribution is -2.46. The molecule has 2 saturated heterocycles. The zero-order valence-electron chi connectivity index (χ0n) is 15.3. The summed E-state index contributed by atoms with van der Waals surface area (Å²) in [7, 11) is 0.